The average Bonchev–Trinajstić information content (AvgIpc) is 2.56. The summed E-state index contributed by atoms with van der Waals surface area (Å²) in [5.41, 5.74) is 4.19. The third-order valence-corrected chi connectivity index (χ3v) is 3.63. The zero-order valence-corrected chi connectivity index (χ0v) is 12.3. The molecule has 1 atom stereocenters. The standard InChI is InChI=1S/C18H14O2P/c19-21-20-17-13-7-12-16(14-8-3-1-4-9-14)18(17)15-10-5-2-6-11-15/h1-13,21H/q+1. The first-order valence-electron chi connectivity index (χ1n) is 6.68. The first-order chi connectivity index (χ1) is 10.4. The van der Waals surface area contributed by atoms with Crippen molar-refractivity contribution in [2.45, 2.75) is 0 Å². The molecule has 3 aromatic carbocycles. The highest BCUT2D eigenvalue weighted by Crippen LogP contribution is 2.40. The molecule has 3 aromatic rings. The maximum atomic E-state index is 10.9. The number of rotatable bonds is 4. The van der Waals surface area contributed by atoms with E-state index >= 15 is 0 Å². The fourth-order valence-corrected chi connectivity index (χ4v) is 2.68. The van der Waals surface area contributed by atoms with Gasteiger partial charge in [0.1, 0.15) is 0 Å². The Labute approximate surface area is 125 Å². The lowest BCUT2D eigenvalue weighted by Crippen LogP contribution is -1.88. The summed E-state index contributed by atoms with van der Waals surface area (Å²) >= 11 is 0. The minimum atomic E-state index is -0.819. The molecular weight excluding hydrogens is 279 g/mol. The molecule has 0 aliphatic heterocycles. The van der Waals surface area contributed by atoms with E-state index in [1.165, 1.54) is 0 Å². The molecule has 0 spiro atoms. The van der Waals surface area contributed by atoms with Gasteiger partial charge in [-0.15, -0.1) is 0 Å². The summed E-state index contributed by atoms with van der Waals surface area (Å²) in [4.78, 5) is 0. The summed E-state index contributed by atoms with van der Waals surface area (Å²) < 4.78 is 16.3. The van der Waals surface area contributed by atoms with Crippen LogP contribution in [0.4, 0.5) is 0 Å². The molecule has 0 bridgehead atoms. The van der Waals surface area contributed by atoms with Crippen LogP contribution in [0.1, 0.15) is 0 Å². The Morgan fingerprint density at radius 2 is 1.29 bits per heavy atom. The average molecular weight is 293 g/mol. The monoisotopic (exact) mass is 293 g/mol. The lowest BCUT2D eigenvalue weighted by molar-refractivity contribution is 0.526. The van der Waals surface area contributed by atoms with Gasteiger partial charge in [-0.1, -0.05) is 72.8 Å². The minimum Gasteiger partial charge on any atom is -0.255 e. The van der Waals surface area contributed by atoms with Gasteiger partial charge < -0.3 is 0 Å². The Balaban J connectivity index is 2.25. The van der Waals surface area contributed by atoms with Crippen LogP contribution in [0.5, 0.6) is 5.75 Å². The van der Waals surface area contributed by atoms with Crippen LogP contribution in [0.25, 0.3) is 22.3 Å². The molecule has 0 saturated carbocycles. The second kappa shape index (κ2) is 6.34. The smallest absolute Gasteiger partial charge is 0.255 e. The summed E-state index contributed by atoms with van der Waals surface area (Å²) in [6, 6.07) is 26.0. The van der Waals surface area contributed by atoms with Gasteiger partial charge in [0, 0.05) is 5.56 Å². The zero-order chi connectivity index (χ0) is 14.5. The second-order valence-corrected chi connectivity index (χ2v) is 4.97. The van der Waals surface area contributed by atoms with Gasteiger partial charge in [0.05, 0.1) is 0 Å². The molecule has 0 aliphatic carbocycles. The highest BCUT2D eigenvalue weighted by molar-refractivity contribution is 7.17. The van der Waals surface area contributed by atoms with Crippen molar-refractivity contribution in [1.82, 2.24) is 0 Å². The molecule has 1 unspecified atom stereocenters. The molecule has 2 nitrogen and oxygen atoms in total. The summed E-state index contributed by atoms with van der Waals surface area (Å²) in [6.07, 6.45) is 0. The lowest BCUT2D eigenvalue weighted by atomic mass is 9.94. The number of benzene rings is 3. The van der Waals surface area contributed by atoms with Crippen molar-refractivity contribution in [2.75, 3.05) is 0 Å². The number of hydrogen-bond donors (Lipinski definition) is 0. The second-order valence-electron chi connectivity index (χ2n) is 4.60. The Bertz CT molecular complexity index is 740. The molecule has 0 heterocycles. The molecule has 21 heavy (non-hydrogen) atoms. The van der Waals surface area contributed by atoms with Crippen molar-refractivity contribution in [3.63, 3.8) is 0 Å². The molecule has 0 amide bonds. The van der Waals surface area contributed by atoms with Gasteiger partial charge in [-0.3, -0.25) is 4.52 Å². The van der Waals surface area contributed by atoms with Crippen LogP contribution < -0.4 is 4.52 Å². The van der Waals surface area contributed by atoms with E-state index in [1.807, 2.05) is 60.7 Å². The topological polar surface area (TPSA) is 26.3 Å². The van der Waals surface area contributed by atoms with Crippen LogP contribution in [-0.4, -0.2) is 0 Å². The van der Waals surface area contributed by atoms with Crippen LogP contribution >= 0.6 is 8.69 Å². The van der Waals surface area contributed by atoms with Gasteiger partial charge in [0.25, 0.3) is 0 Å². The highest BCUT2D eigenvalue weighted by Gasteiger charge is 2.15. The van der Waals surface area contributed by atoms with Crippen molar-refractivity contribution in [2.24, 2.45) is 0 Å². The molecular formula is C18H14O2P+. The predicted octanol–water partition coefficient (Wildman–Crippen LogP) is 5.34. The Morgan fingerprint density at radius 3 is 1.90 bits per heavy atom. The van der Waals surface area contributed by atoms with Crippen LogP contribution in [-0.2, 0) is 4.57 Å². The molecule has 102 valence electrons. The van der Waals surface area contributed by atoms with E-state index < -0.39 is 8.69 Å². The molecule has 3 heteroatoms. The van der Waals surface area contributed by atoms with Crippen molar-refractivity contribution >= 4 is 8.69 Å². The number of hydrogen-bond acceptors (Lipinski definition) is 2. The normalized spacial score (nSPS) is 10.5. The predicted molar refractivity (Wildman–Crippen MR) is 86.9 cm³/mol. The first-order valence-corrected chi connectivity index (χ1v) is 7.49. The zero-order valence-electron chi connectivity index (χ0n) is 11.3. The van der Waals surface area contributed by atoms with Crippen LogP contribution in [0.3, 0.4) is 0 Å². The molecule has 3 rings (SSSR count). The summed E-state index contributed by atoms with van der Waals surface area (Å²) in [5, 5.41) is 0. The van der Waals surface area contributed by atoms with E-state index in [0.29, 0.717) is 5.75 Å². The third kappa shape index (κ3) is 2.86. The lowest BCUT2D eigenvalue weighted by Gasteiger charge is -2.11. The summed E-state index contributed by atoms with van der Waals surface area (Å²) in [6.45, 7) is 0. The van der Waals surface area contributed by atoms with Gasteiger partial charge in [0.15, 0.2) is 5.75 Å². The van der Waals surface area contributed by atoms with Gasteiger partial charge in [0.2, 0.25) is 0 Å². The van der Waals surface area contributed by atoms with E-state index in [9.17, 15) is 4.57 Å². The van der Waals surface area contributed by atoms with E-state index in [0.717, 1.165) is 22.3 Å². The molecule has 0 saturated heterocycles. The van der Waals surface area contributed by atoms with Crippen LogP contribution in [0.15, 0.2) is 78.9 Å². The fraction of sp³-hybridized carbons (Fsp3) is 0. The molecule has 0 aromatic heterocycles. The van der Waals surface area contributed by atoms with Crippen molar-refractivity contribution in [1.29, 1.82) is 0 Å². The Kier molecular flexibility index (Phi) is 4.09. The van der Waals surface area contributed by atoms with E-state index in [-0.39, 0.29) is 0 Å². The molecule has 0 fully saturated rings. The summed E-state index contributed by atoms with van der Waals surface area (Å²) in [7, 11) is -0.819. The maximum absolute atomic E-state index is 10.9. The van der Waals surface area contributed by atoms with Crippen molar-refractivity contribution in [3.8, 4) is 28.0 Å². The van der Waals surface area contributed by atoms with E-state index in [1.54, 1.807) is 0 Å². The van der Waals surface area contributed by atoms with Gasteiger partial charge in [-0.05, 0) is 27.3 Å². The maximum Gasteiger partial charge on any atom is 0.542 e. The fourth-order valence-electron chi connectivity index (χ4n) is 2.42. The highest BCUT2D eigenvalue weighted by atomic mass is 31.1. The largest absolute Gasteiger partial charge is 0.542 e. The van der Waals surface area contributed by atoms with E-state index in [4.69, 9.17) is 4.52 Å². The molecule has 0 radical (unpaired) electrons. The summed E-state index contributed by atoms with van der Waals surface area (Å²) in [5.74, 6) is 0.635. The molecule has 0 aliphatic rings. The Hall–Kier alpha value is -2.44. The Morgan fingerprint density at radius 1 is 0.667 bits per heavy atom. The molecule has 0 N–H and O–H groups in total. The van der Waals surface area contributed by atoms with Crippen molar-refractivity contribution in [3.05, 3.63) is 78.9 Å². The first kappa shape index (κ1) is 13.5. The van der Waals surface area contributed by atoms with Gasteiger partial charge in [-0.25, -0.2) is 0 Å². The third-order valence-electron chi connectivity index (χ3n) is 3.33. The van der Waals surface area contributed by atoms with E-state index in [2.05, 4.69) is 18.2 Å². The minimum absolute atomic E-state index is 0.635. The quantitative estimate of drug-likeness (QED) is 0.607. The van der Waals surface area contributed by atoms with Crippen LogP contribution in [0.2, 0.25) is 0 Å². The van der Waals surface area contributed by atoms with Gasteiger partial charge >= 0.3 is 8.69 Å². The SMILES string of the molecule is O=[PH+]Oc1cccc(-c2ccccc2)c1-c1ccccc1. The van der Waals surface area contributed by atoms with Gasteiger partial charge in [-0.2, -0.15) is 0 Å². The van der Waals surface area contributed by atoms with Crippen LogP contribution in [0, 0.1) is 0 Å². The van der Waals surface area contributed by atoms with Crippen molar-refractivity contribution < 1.29 is 9.09 Å².